The number of hydrogen-bond acceptors (Lipinski definition) is 3. The first-order valence-electron chi connectivity index (χ1n) is 6.52. The van der Waals surface area contributed by atoms with Gasteiger partial charge in [-0.05, 0) is 31.8 Å². The molecule has 0 aromatic heterocycles. The number of benzene rings is 1. The Hall–Kier alpha value is -0.420. The van der Waals surface area contributed by atoms with Gasteiger partial charge in [0.25, 0.3) is 0 Å². The molecule has 0 saturated carbocycles. The average Bonchev–Trinajstić information content (AvgIpc) is 2.38. The Morgan fingerprint density at radius 2 is 1.83 bits per heavy atom. The zero-order valence-corrected chi connectivity index (χ0v) is 12.8. The Balaban J connectivity index is 2.15. The third-order valence-electron chi connectivity index (χ3n) is 3.39. The molecule has 1 unspecified atom stereocenters. The molecular formula is C14H22BrN3. The van der Waals surface area contributed by atoms with E-state index in [1.807, 2.05) is 0 Å². The van der Waals surface area contributed by atoms with Crippen molar-refractivity contribution in [3.63, 3.8) is 0 Å². The first kappa shape index (κ1) is 14.0. The smallest absolute Gasteiger partial charge is 0.0476 e. The molecule has 0 bridgehead atoms. The van der Waals surface area contributed by atoms with Gasteiger partial charge in [0, 0.05) is 43.2 Å². The molecule has 1 aliphatic heterocycles. The second-order valence-corrected chi connectivity index (χ2v) is 6.03. The highest BCUT2D eigenvalue weighted by Gasteiger charge is 2.22. The van der Waals surface area contributed by atoms with Gasteiger partial charge in [0.1, 0.15) is 0 Å². The number of rotatable bonds is 4. The van der Waals surface area contributed by atoms with E-state index in [-0.39, 0.29) is 0 Å². The van der Waals surface area contributed by atoms with Gasteiger partial charge in [-0.25, -0.2) is 0 Å². The van der Waals surface area contributed by atoms with Gasteiger partial charge in [-0.15, -0.1) is 0 Å². The van der Waals surface area contributed by atoms with E-state index < -0.39 is 0 Å². The molecule has 0 radical (unpaired) electrons. The van der Waals surface area contributed by atoms with E-state index in [0.29, 0.717) is 6.04 Å². The first-order valence-corrected chi connectivity index (χ1v) is 7.31. The summed E-state index contributed by atoms with van der Waals surface area (Å²) in [6, 6.07) is 9.25. The molecule has 100 valence electrons. The molecule has 2 rings (SSSR count). The van der Waals surface area contributed by atoms with Gasteiger partial charge >= 0.3 is 0 Å². The Labute approximate surface area is 118 Å². The lowest BCUT2D eigenvalue weighted by Gasteiger charge is -2.36. The van der Waals surface area contributed by atoms with Crippen LogP contribution in [0.3, 0.4) is 0 Å². The summed E-state index contributed by atoms with van der Waals surface area (Å²) >= 11 is 3.51. The molecule has 0 spiro atoms. The maximum atomic E-state index is 3.51. The van der Waals surface area contributed by atoms with Gasteiger partial charge in [-0.1, -0.05) is 28.1 Å². The van der Waals surface area contributed by atoms with Crippen molar-refractivity contribution >= 4 is 15.9 Å². The molecule has 1 N–H and O–H groups in total. The van der Waals surface area contributed by atoms with E-state index in [2.05, 4.69) is 69.4 Å². The molecule has 1 heterocycles. The van der Waals surface area contributed by atoms with Crippen LogP contribution in [-0.4, -0.2) is 56.6 Å². The fraction of sp³-hybridized carbons (Fsp3) is 0.571. The lowest BCUT2D eigenvalue weighted by molar-refractivity contribution is 0.145. The summed E-state index contributed by atoms with van der Waals surface area (Å²) in [5.74, 6) is 0. The summed E-state index contributed by atoms with van der Waals surface area (Å²) in [6.45, 7) is 5.53. The number of nitrogens with zero attached hydrogens (tertiary/aromatic N) is 2. The molecule has 0 aliphatic carbocycles. The SMILES string of the molecule is CN(C)CC(c1ccc(Br)cc1)N1CCNCC1. The number of piperazine rings is 1. The van der Waals surface area contributed by atoms with Crippen LogP contribution in [0, 0.1) is 0 Å². The fourth-order valence-corrected chi connectivity index (χ4v) is 2.72. The number of likely N-dealkylation sites (N-methyl/N-ethyl adjacent to an activating group) is 1. The monoisotopic (exact) mass is 311 g/mol. The van der Waals surface area contributed by atoms with E-state index >= 15 is 0 Å². The van der Waals surface area contributed by atoms with Crippen LogP contribution in [0.25, 0.3) is 0 Å². The molecule has 1 aliphatic rings. The van der Waals surface area contributed by atoms with Crippen LogP contribution in [0.5, 0.6) is 0 Å². The van der Waals surface area contributed by atoms with Crippen molar-refractivity contribution < 1.29 is 0 Å². The van der Waals surface area contributed by atoms with Crippen LogP contribution >= 0.6 is 15.9 Å². The minimum Gasteiger partial charge on any atom is -0.314 e. The highest BCUT2D eigenvalue weighted by molar-refractivity contribution is 9.10. The summed E-state index contributed by atoms with van der Waals surface area (Å²) in [7, 11) is 4.29. The van der Waals surface area contributed by atoms with Gasteiger partial charge in [0.05, 0.1) is 0 Å². The number of nitrogens with one attached hydrogen (secondary N) is 1. The van der Waals surface area contributed by atoms with Crippen LogP contribution in [0.2, 0.25) is 0 Å². The topological polar surface area (TPSA) is 18.5 Å². The summed E-state index contributed by atoms with van der Waals surface area (Å²) in [6.07, 6.45) is 0. The maximum Gasteiger partial charge on any atom is 0.0476 e. The van der Waals surface area contributed by atoms with Crippen LogP contribution in [0.4, 0.5) is 0 Å². The predicted molar refractivity (Wildman–Crippen MR) is 79.9 cm³/mol. The molecule has 1 fully saturated rings. The zero-order valence-electron chi connectivity index (χ0n) is 11.2. The summed E-state index contributed by atoms with van der Waals surface area (Å²) < 4.78 is 1.15. The largest absolute Gasteiger partial charge is 0.314 e. The summed E-state index contributed by atoms with van der Waals surface area (Å²) in [5.41, 5.74) is 1.41. The fourth-order valence-electron chi connectivity index (χ4n) is 2.46. The zero-order chi connectivity index (χ0) is 13.0. The minimum atomic E-state index is 0.496. The molecule has 1 atom stereocenters. The van der Waals surface area contributed by atoms with Crippen molar-refractivity contribution in [1.29, 1.82) is 0 Å². The van der Waals surface area contributed by atoms with Crippen LogP contribution in [-0.2, 0) is 0 Å². The van der Waals surface area contributed by atoms with Gasteiger partial charge < -0.3 is 10.2 Å². The Morgan fingerprint density at radius 3 is 2.39 bits per heavy atom. The third-order valence-corrected chi connectivity index (χ3v) is 3.91. The molecule has 1 saturated heterocycles. The highest BCUT2D eigenvalue weighted by atomic mass is 79.9. The minimum absolute atomic E-state index is 0.496. The second kappa shape index (κ2) is 6.66. The second-order valence-electron chi connectivity index (χ2n) is 5.12. The van der Waals surface area contributed by atoms with Gasteiger partial charge in [0.2, 0.25) is 0 Å². The van der Waals surface area contributed by atoms with Gasteiger partial charge in [-0.3, -0.25) is 4.90 Å². The molecule has 18 heavy (non-hydrogen) atoms. The lowest BCUT2D eigenvalue weighted by atomic mass is 10.0. The van der Waals surface area contributed by atoms with Crippen molar-refractivity contribution in [2.24, 2.45) is 0 Å². The quantitative estimate of drug-likeness (QED) is 0.917. The molecule has 1 aromatic carbocycles. The first-order chi connectivity index (χ1) is 8.66. The summed E-state index contributed by atoms with van der Waals surface area (Å²) in [5, 5.41) is 3.42. The van der Waals surface area contributed by atoms with E-state index in [1.165, 1.54) is 5.56 Å². The lowest BCUT2D eigenvalue weighted by Crippen LogP contribution is -2.47. The van der Waals surface area contributed by atoms with Crippen molar-refractivity contribution in [2.45, 2.75) is 6.04 Å². The van der Waals surface area contributed by atoms with E-state index in [9.17, 15) is 0 Å². The van der Waals surface area contributed by atoms with Crippen molar-refractivity contribution in [2.75, 3.05) is 46.8 Å². The Bertz CT molecular complexity index is 358. The van der Waals surface area contributed by atoms with E-state index in [0.717, 1.165) is 37.2 Å². The molecular weight excluding hydrogens is 290 g/mol. The molecule has 4 heteroatoms. The highest BCUT2D eigenvalue weighted by Crippen LogP contribution is 2.23. The molecule has 1 aromatic rings. The average molecular weight is 312 g/mol. The van der Waals surface area contributed by atoms with Gasteiger partial charge in [0.15, 0.2) is 0 Å². The summed E-state index contributed by atoms with van der Waals surface area (Å²) in [4.78, 5) is 4.86. The van der Waals surface area contributed by atoms with Crippen molar-refractivity contribution in [3.05, 3.63) is 34.3 Å². The van der Waals surface area contributed by atoms with E-state index in [4.69, 9.17) is 0 Å². The van der Waals surface area contributed by atoms with Crippen molar-refractivity contribution in [1.82, 2.24) is 15.1 Å². The van der Waals surface area contributed by atoms with Crippen LogP contribution < -0.4 is 5.32 Å². The number of halogens is 1. The maximum absolute atomic E-state index is 3.51. The molecule has 3 nitrogen and oxygen atoms in total. The Morgan fingerprint density at radius 1 is 1.22 bits per heavy atom. The van der Waals surface area contributed by atoms with Gasteiger partial charge in [-0.2, -0.15) is 0 Å². The van der Waals surface area contributed by atoms with Crippen LogP contribution in [0.15, 0.2) is 28.7 Å². The molecule has 0 amide bonds. The standard InChI is InChI=1S/C14H22BrN3/c1-17(2)11-14(18-9-7-16-8-10-18)12-3-5-13(15)6-4-12/h3-6,14,16H,7-11H2,1-2H3. The third kappa shape index (κ3) is 3.79. The van der Waals surface area contributed by atoms with Crippen LogP contribution in [0.1, 0.15) is 11.6 Å². The Kier molecular flexibility index (Phi) is 5.18. The predicted octanol–water partition coefficient (Wildman–Crippen LogP) is 1.96. The number of hydrogen-bond donors (Lipinski definition) is 1. The van der Waals surface area contributed by atoms with Crippen molar-refractivity contribution in [3.8, 4) is 0 Å². The normalized spacial score (nSPS) is 19.1. The van der Waals surface area contributed by atoms with E-state index in [1.54, 1.807) is 0 Å².